The van der Waals surface area contributed by atoms with Gasteiger partial charge in [0.1, 0.15) is 35.4 Å². The lowest BCUT2D eigenvalue weighted by molar-refractivity contribution is -0.145. The average Bonchev–Trinajstić information content (AvgIpc) is 3.18. The molecular formula is C30H44N3O6S+. The van der Waals surface area contributed by atoms with Crippen LogP contribution in [0.5, 0.6) is 5.75 Å². The van der Waals surface area contributed by atoms with Crippen molar-refractivity contribution in [1.82, 2.24) is 9.88 Å². The number of aromatic nitrogens is 1. The van der Waals surface area contributed by atoms with Crippen LogP contribution in [-0.4, -0.2) is 66.8 Å². The molecule has 1 aliphatic rings. The molecule has 2 heterocycles. The minimum Gasteiger partial charge on any atom is -0.469 e. The molecule has 0 saturated carbocycles. The van der Waals surface area contributed by atoms with Crippen molar-refractivity contribution in [2.45, 2.75) is 59.4 Å². The summed E-state index contributed by atoms with van der Waals surface area (Å²) in [6, 6.07) is 9.82. The molecule has 9 nitrogen and oxygen atoms in total. The number of carbonyl (C=O) groups excluding carboxylic acids is 2. The molecule has 2 N–H and O–H groups in total. The number of esters is 1. The summed E-state index contributed by atoms with van der Waals surface area (Å²) in [6.45, 7) is 10.8. The number of nitrogens with one attached hydrogen (secondary N) is 2. The molecule has 220 valence electrons. The van der Waals surface area contributed by atoms with Gasteiger partial charge in [-0.15, -0.1) is 0 Å². The number of hydrogen-bond acceptors (Lipinski definition) is 7. The maximum absolute atomic E-state index is 12.4. The van der Waals surface area contributed by atoms with E-state index in [-0.39, 0.29) is 12.6 Å². The monoisotopic (exact) mass is 574 g/mol. The van der Waals surface area contributed by atoms with Crippen molar-refractivity contribution in [3.8, 4) is 5.75 Å². The highest BCUT2D eigenvalue weighted by atomic mass is 32.2. The second-order valence-electron chi connectivity index (χ2n) is 11.2. The summed E-state index contributed by atoms with van der Waals surface area (Å²) in [5.74, 6) is 2.57. The van der Waals surface area contributed by atoms with Crippen LogP contribution >= 0.6 is 0 Å². The Kier molecular flexibility index (Phi) is 11.0. The number of aryl methyl sites for hydroxylation is 1. The van der Waals surface area contributed by atoms with Crippen molar-refractivity contribution in [1.29, 1.82) is 0 Å². The predicted octanol–water partition coefficient (Wildman–Crippen LogP) is 4.74. The van der Waals surface area contributed by atoms with Gasteiger partial charge in [-0.1, -0.05) is 12.1 Å². The van der Waals surface area contributed by atoms with E-state index in [0.717, 1.165) is 40.8 Å². The van der Waals surface area contributed by atoms with Crippen LogP contribution in [-0.2, 0) is 43.1 Å². The van der Waals surface area contributed by atoms with E-state index >= 15 is 0 Å². The quantitative estimate of drug-likeness (QED) is 0.215. The first-order valence-electron chi connectivity index (χ1n) is 13.5. The summed E-state index contributed by atoms with van der Waals surface area (Å²) >= 11 is 0. The van der Waals surface area contributed by atoms with Crippen LogP contribution in [0.3, 0.4) is 0 Å². The number of nitrogens with zero attached hydrogens (tertiary/aromatic N) is 1. The van der Waals surface area contributed by atoms with Crippen molar-refractivity contribution in [2.75, 3.05) is 43.8 Å². The number of hydrogen-bond donors (Lipinski definition) is 2. The van der Waals surface area contributed by atoms with E-state index in [2.05, 4.69) is 53.7 Å². The van der Waals surface area contributed by atoms with Gasteiger partial charge < -0.3 is 34.1 Å². The molecule has 1 aromatic carbocycles. The third kappa shape index (κ3) is 9.23. The van der Waals surface area contributed by atoms with Gasteiger partial charge in [-0.05, 0) is 81.8 Å². The zero-order valence-electron chi connectivity index (χ0n) is 25.0. The summed E-state index contributed by atoms with van der Waals surface area (Å²) in [4.78, 5) is 24.4. The van der Waals surface area contributed by atoms with Gasteiger partial charge in [0.25, 0.3) is 0 Å². The van der Waals surface area contributed by atoms with E-state index in [0.29, 0.717) is 29.8 Å². The van der Waals surface area contributed by atoms with Crippen molar-refractivity contribution in [3.63, 3.8) is 0 Å². The molecule has 0 spiro atoms. The molecule has 2 unspecified atom stereocenters. The van der Waals surface area contributed by atoms with E-state index in [1.54, 1.807) is 20.8 Å². The molecule has 2 aromatic rings. The largest absolute Gasteiger partial charge is 0.469 e. The second kappa shape index (κ2) is 14.0. The first-order valence-corrected chi connectivity index (χ1v) is 15.7. The molecule has 1 amide bonds. The van der Waals surface area contributed by atoms with Gasteiger partial charge in [-0.2, -0.15) is 0 Å². The van der Waals surface area contributed by atoms with E-state index < -0.39 is 23.6 Å². The molecule has 2 atom stereocenters. The van der Waals surface area contributed by atoms with Gasteiger partial charge in [0.2, 0.25) is 0 Å². The molecular weight excluding hydrogens is 530 g/mol. The molecule has 1 aromatic heterocycles. The Balaban J connectivity index is 1.66. The molecule has 0 aliphatic carbocycles. The predicted molar refractivity (Wildman–Crippen MR) is 161 cm³/mol. The Hall–Kier alpha value is -3.11. The molecule has 0 saturated heterocycles. The van der Waals surface area contributed by atoms with E-state index in [1.807, 2.05) is 24.3 Å². The summed E-state index contributed by atoms with van der Waals surface area (Å²) in [7, 11) is 1.70. The van der Waals surface area contributed by atoms with Crippen LogP contribution in [0, 0.1) is 12.8 Å². The Labute approximate surface area is 240 Å². The molecule has 1 aliphatic heterocycles. The van der Waals surface area contributed by atoms with Gasteiger partial charge in [0.05, 0.1) is 37.7 Å². The van der Waals surface area contributed by atoms with E-state index in [9.17, 15) is 9.59 Å². The lowest BCUT2D eigenvalue weighted by Crippen LogP contribution is -2.38. The normalized spacial score (nSPS) is 15.5. The number of ether oxygens (including phenoxy) is 4. The van der Waals surface area contributed by atoms with Gasteiger partial charge in [-0.25, -0.2) is 4.79 Å². The number of benzene rings is 1. The highest BCUT2D eigenvalue weighted by molar-refractivity contribution is 7.95. The number of carbonyl (C=O) groups is 2. The maximum atomic E-state index is 12.4. The fourth-order valence-corrected chi connectivity index (χ4v) is 4.71. The average molecular weight is 575 g/mol. The maximum Gasteiger partial charge on any atom is 0.407 e. The van der Waals surface area contributed by atoms with Crippen molar-refractivity contribution >= 4 is 34.5 Å². The minimum atomic E-state index is -0.619. The van der Waals surface area contributed by atoms with Crippen molar-refractivity contribution in [2.24, 2.45) is 5.92 Å². The van der Waals surface area contributed by atoms with Gasteiger partial charge in [-0.3, -0.25) is 4.79 Å². The number of methoxy groups -OCH3 is 1. The summed E-state index contributed by atoms with van der Waals surface area (Å²) in [5, 5.41) is 6.21. The first-order chi connectivity index (χ1) is 18.9. The Morgan fingerprint density at radius 2 is 1.88 bits per heavy atom. The highest BCUT2D eigenvalue weighted by Crippen LogP contribution is 2.34. The fraction of sp³-hybridized carbons (Fsp3) is 0.533. The molecule has 0 bridgehead atoms. The molecule has 0 radical (unpaired) electrons. The molecule has 10 heteroatoms. The Morgan fingerprint density at radius 3 is 2.50 bits per heavy atom. The van der Waals surface area contributed by atoms with Crippen molar-refractivity contribution < 1.29 is 28.5 Å². The first kappa shape index (κ1) is 31.4. The minimum absolute atomic E-state index is 0.0882. The number of amides is 1. The summed E-state index contributed by atoms with van der Waals surface area (Å²) in [5.41, 5.74) is 2.39. The lowest BCUT2D eigenvalue weighted by Gasteiger charge is -2.24. The third-order valence-corrected chi connectivity index (χ3v) is 7.23. The number of rotatable bonds is 12. The zero-order valence-corrected chi connectivity index (χ0v) is 25.8. The van der Waals surface area contributed by atoms with E-state index in [4.69, 9.17) is 18.9 Å². The van der Waals surface area contributed by atoms with Crippen molar-refractivity contribution in [3.05, 3.63) is 53.2 Å². The smallest absolute Gasteiger partial charge is 0.407 e. The third-order valence-electron chi connectivity index (χ3n) is 6.25. The zero-order chi connectivity index (χ0) is 29.4. The van der Waals surface area contributed by atoms with Crippen LogP contribution in [0.2, 0.25) is 0 Å². The second-order valence-corrected chi connectivity index (χ2v) is 13.6. The SMILES string of the molecule is COC(=O)C(CNC(=O)OC(C)(C)C)Cc1ccc(OC2=CC(C)Nc3c2cc(C)n3COCC[S+](C)C)cc1. The van der Waals surface area contributed by atoms with Gasteiger partial charge in [0.15, 0.2) is 0 Å². The number of alkyl carbamates (subject to hydrolysis) is 1. The summed E-state index contributed by atoms with van der Waals surface area (Å²) < 4.78 is 24.7. The number of fused-ring (bicyclic) bond motifs is 1. The molecule has 0 fully saturated rings. The topological polar surface area (TPSA) is 100 Å². The Bertz CT molecular complexity index is 1180. The fourth-order valence-electron chi connectivity index (χ4n) is 4.26. The lowest BCUT2D eigenvalue weighted by atomic mass is 9.99. The van der Waals surface area contributed by atoms with Crippen LogP contribution in [0.4, 0.5) is 10.6 Å². The van der Waals surface area contributed by atoms with Gasteiger partial charge >= 0.3 is 12.1 Å². The molecule has 40 heavy (non-hydrogen) atoms. The highest BCUT2D eigenvalue weighted by Gasteiger charge is 2.25. The summed E-state index contributed by atoms with van der Waals surface area (Å²) in [6.07, 6.45) is 6.34. The number of anilines is 1. The van der Waals surface area contributed by atoms with Crippen LogP contribution in [0.1, 0.15) is 44.5 Å². The van der Waals surface area contributed by atoms with E-state index in [1.165, 1.54) is 7.11 Å². The van der Waals surface area contributed by atoms with Crippen LogP contribution in [0.25, 0.3) is 5.76 Å². The van der Waals surface area contributed by atoms with Crippen LogP contribution < -0.4 is 15.4 Å². The van der Waals surface area contributed by atoms with Crippen LogP contribution in [0.15, 0.2) is 36.4 Å². The Morgan fingerprint density at radius 1 is 1.18 bits per heavy atom. The molecule has 3 rings (SSSR count). The standard InChI is InChI=1S/C30H43N3O6S/c1-20-15-26(25-16-21(2)33(27(25)32-20)19-37-13-14-40(7)8)38-24-11-9-22(10-12-24)17-23(28(34)36-6)18-31-29(35)39-30(3,4)5/h9-12,15-16,20,23,32H,13-14,17-19H2,1-8H3/p+1. The van der Waals surface area contributed by atoms with Gasteiger partial charge in [0, 0.05) is 18.3 Å².